The van der Waals surface area contributed by atoms with Crippen molar-refractivity contribution in [1.82, 2.24) is 10.3 Å². The molecule has 0 aliphatic rings. The maximum Gasteiger partial charge on any atom is 0.319 e. The summed E-state index contributed by atoms with van der Waals surface area (Å²) in [4.78, 5) is 26.2. The Morgan fingerprint density at radius 1 is 0.967 bits per heavy atom. The number of fused-ring (bicyclic) bond motifs is 1. The van der Waals surface area contributed by atoms with Crippen molar-refractivity contribution in [3.63, 3.8) is 0 Å². The highest BCUT2D eigenvalue weighted by molar-refractivity contribution is 9.10. The predicted molar refractivity (Wildman–Crippen MR) is 126 cm³/mol. The van der Waals surface area contributed by atoms with Crippen molar-refractivity contribution >= 4 is 38.4 Å². The first-order valence-electron chi connectivity index (χ1n) is 9.44. The summed E-state index contributed by atoms with van der Waals surface area (Å²) < 4.78 is 0.992. The monoisotopic (exact) mass is 463 g/mol. The van der Waals surface area contributed by atoms with Crippen LogP contribution in [0.15, 0.2) is 94.3 Å². The van der Waals surface area contributed by atoms with Gasteiger partial charge in [0.2, 0.25) is 5.56 Å². The Bertz CT molecular complexity index is 1170. The summed E-state index contributed by atoms with van der Waals surface area (Å²) in [5.41, 5.74) is 2.71. The van der Waals surface area contributed by atoms with Crippen LogP contribution in [0.5, 0.6) is 0 Å². The summed E-state index contributed by atoms with van der Waals surface area (Å²) in [5.74, 6) is 0. The van der Waals surface area contributed by atoms with Gasteiger partial charge in [0.1, 0.15) is 0 Å². The molecule has 5 nitrogen and oxygen atoms in total. The molecule has 6 heteroatoms. The topological polar surface area (TPSA) is 74.0 Å². The SMILES string of the molecule is Cc1ccccc1.O=C(NCc1ccc(Br)cc1)Nc1cccc2c[nH]c(=O)cc12. The quantitative estimate of drug-likeness (QED) is 0.369. The van der Waals surface area contributed by atoms with Gasteiger partial charge in [-0.05, 0) is 30.7 Å². The summed E-state index contributed by atoms with van der Waals surface area (Å²) >= 11 is 3.37. The molecule has 152 valence electrons. The Balaban J connectivity index is 0.000000310. The predicted octanol–water partition coefficient (Wildman–Crippen LogP) is 5.61. The van der Waals surface area contributed by atoms with Crippen molar-refractivity contribution in [1.29, 1.82) is 0 Å². The van der Waals surface area contributed by atoms with Crippen LogP contribution in [0.2, 0.25) is 0 Å². The van der Waals surface area contributed by atoms with E-state index in [0.717, 1.165) is 15.4 Å². The molecule has 1 aromatic heterocycles. The zero-order valence-electron chi connectivity index (χ0n) is 16.5. The smallest absolute Gasteiger partial charge is 0.319 e. The minimum absolute atomic E-state index is 0.206. The fourth-order valence-electron chi connectivity index (χ4n) is 2.79. The third-order valence-electron chi connectivity index (χ3n) is 4.34. The minimum Gasteiger partial charge on any atom is -0.334 e. The van der Waals surface area contributed by atoms with Gasteiger partial charge in [0.15, 0.2) is 0 Å². The van der Waals surface area contributed by atoms with Crippen molar-refractivity contribution < 1.29 is 4.79 Å². The number of aromatic nitrogens is 1. The number of nitrogens with one attached hydrogen (secondary N) is 3. The number of carbonyl (C=O) groups is 1. The summed E-state index contributed by atoms with van der Waals surface area (Å²) in [6.45, 7) is 2.50. The van der Waals surface area contributed by atoms with Gasteiger partial charge in [-0.3, -0.25) is 4.79 Å². The number of H-pyrrole nitrogens is 1. The number of urea groups is 1. The standard InChI is InChI=1S/C17H14BrN3O2.C7H8/c18-13-6-4-11(5-7-13)9-20-17(23)21-15-3-1-2-12-10-19-16(22)8-14(12)15;1-7-5-3-2-4-6-7/h1-8,10H,9H2,(H,19,22)(H2,20,21,23);2-6H,1H3. The van der Waals surface area contributed by atoms with Gasteiger partial charge >= 0.3 is 6.03 Å². The molecule has 0 atom stereocenters. The lowest BCUT2D eigenvalue weighted by molar-refractivity contribution is 0.252. The second-order valence-corrected chi connectivity index (χ2v) is 7.61. The van der Waals surface area contributed by atoms with Gasteiger partial charge in [0, 0.05) is 34.1 Å². The van der Waals surface area contributed by atoms with Crippen molar-refractivity contribution in [2.24, 2.45) is 0 Å². The molecule has 2 amide bonds. The van der Waals surface area contributed by atoms with Gasteiger partial charge < -0.3 is 15.6 Å². The highest BCUT2D eigenvalue weighted by Gasteiger charge is 2.06. The van der Waals surface area contributed by atoms with Crippen molar-refractivity contribution in [3.05, 3.63) is 111 Å². The van der Waals surface area contributed by atoms with E-state index >= 15 is 0 Å². The molecule has 3 aromatic carbocycles. The van der Waals surface area contributed by atoms with Gasteiger partial charge in [-0.15, -0.1) is 0 Å². The first kappa shape index (κ1) is 21.3. The van der Waals surface area contributed by atoms with E-state index in [4.69, 9.17) is 0 Å². The number of aryl methyl sites for hydroxylation is 1. The Morgan fingerprint density at radius 2 is 1.70 bits per heavy atom. The van der Waals surface area contributed by atoms with Crippen molar-refractivity contribution in [2.75, 3.05) is 5.32 Å². The molecule has 0 aliphatic heterocycles. The van der Waals surface area contributed by atoms with E-state index in [1.807, 2.05) is 54.6 Å². The van der Waals surface area contributed by atoms with E-state index in [9.17, 15) is 9.59 Å². The third-order valence-corrected chi connectivity index (χ3v) is 4.87. The molecule has 4 aromatic rings. The Labute approximate surface area is 183 Å². The second-order valence-electron chi connectivity index (χ2n) is 6.69. The summed E-state index contributed by atoms with van der Waals surface area (Å²) in [6.07, 6.45) is 1.63. The van der Waals surface area contributed by atoms with E-state index in [0.29, 0.717) is 17.6 Å². The number of benzene rings is 3. The van der Waals surface area contributed by atoms with E-state index in [-0.39, 0.29) is 11.6 Å². The normalized spacial score (nSPS) is 10.1. The van der Waals surface area contributed by atoms with Crippen LogP contribution in [-0.4, -0.2) is 11.0 Å². The molecule has 3 N–H and O–H groups in total. The molecule has 0 radical (unpaired) electrons. The molecule has 4 rings (SSSR count). The summed E-state index contributed by atoms with van der Waals surface area (Å²) in [5, 5.41) is 7.14. The maximum absolute atomic E-state index is 12.1. The fraction of sp³-hybridized carbons (Fsp3) is 0.0833. The Kier molecular flexibility index (Phi) is 7.40. The number of amides is 2. The van der Waals surface area contributed by atoms with Gasteiger partial charge in [-0.2, -0.15) is 0 Å². The fourth-order valence-corrected chi connectivity index (χ4v) is 3.05. The van der Waals surface area contributed by atoms with E-state index in [1.165, 1.54) is 11.6 Å². The zero-order valence-corrected chi connectivity index (χ0v) is 18.1. The molecule has 0 aliphatic carbocycles. The van der Waals surface area contributed by atoms with Crippen LogP contribution >= 0.6 is 15.9 Å². The molecular weight excluding hydrogens is 442 g/mol. The minimum atomic E-state index is -0.319. The molecule has 0 bridgehead atoms. The third kappa shape index (κ3) is 6.32. The molecule has 0 unspecified atom stereocenters. The highest BCUT2D eigenvalue weighted by atomic mass is 79.9. The number of rotatable bonds is 3. The molecule has 0 fully saturated rings. The molecule has 0 saturated heterocycles. The number of anilines is 1. The van der Waals surface area contributed by atoms with Crippen LogP contribution in [0.1, 0.15) is 11.1 Å². The Hall–Kier alpha value is -3.38. The van der Waals surface area contributed by atoms with Gasteiger partial charge in [0.05, 0.1) is 5.69 Å². The lowest BCUT2D eigenvalue weighted by Gasteiger charge is -2.10. The summed E-state index contributed by atoms with van der Waals surface area (Å²) in [7, 11) is 0. The number of pyridine rings is 1. The van der Waals surface area contributed by atoms with E-state index in [2.05, 4.69) is 50.6 Å². The van der Waals surface area contributed by atoms with Gasteiger partial charge in [-0.25, -0.2) is 4.79 Å². The molecule has 0 spiro atoms. The number of halogens is 1. The first-order chi connectivity index (χ1) is 14.5. The number of hydrogen-bond donors (Lipinski definition) is 3. The average Bonchev–Trinajstić information content (AvgIpc) is 2.75. The Morgan fingerprint density at radius 3 is 2.37 bits per heavy atom. The van der Waals surface area contributed by atoms with E-state index in [1.54, 1.807) is 12.3 Å². The maximum atomic E-state index is 12.1. The van der Waals surface area contributed by atoms with Crippen molar-refractivity contribution in [2.45, 2.75) is 13.5 Å². The van der Waals surface area contributed by atoms with Crippen LogP contribution in [0, 0.1) is 6.92 Å². The molecule has 0 saturated carbocycles. The van der Waals surface area contributed by atoms with Crippen LogP contribution in [0.25, 0.3) is 10.8 Å². The van der Waals surface area contributed by atoms with Crippen molar-refractivity contribution in [3.8, 4) is 0 Å². The molecule has 1 heterocycles. The average molecular weight is 464 g/mol. The second kappa shape index (κ2) is 10.4. The number of aromatic amines is 1. The first-order valence-corrected chi connectivity index (χ1v) is 10.2. The highest BCUT2D eigenvalue weighted by Crippen LogP contribution is 2.21. The zero-order chi connectivity index (χ0) is 21.3. The lowest BCUT2D eigenvalue weighted by atomic mass is 10.1. The lowest BCUT2D eigenvalue weighted by Crippen LogP contribution is -2.28. The van der Waals surface area contributed by atoms with E-state index < -0.39 is 0 Å². The summed E-state index contributed by atoms with van der Waals surface area (Å²) in [6, 6.07) is 24.6. The van der Waals surface area contributed by atoms with Gasteiger partial charge in [0.25, 0.3) is 0 Å². The van der Waals surface area contributed by atoms with Crippen LogP contribution in [0.3, 0.4) is 0 Å². The van der Waals surface area contributed by atoms with Gasteiger partial charge in [-0.1, -0.05) is 76.1 Å². The number of carbonyl (C=O) groups excluding carboxylic acids is 1. The number of hydrogen-bond acceptors (Lipinski definition) is 2. The van der Waals surface area contributed by atoms with Crippen LogP contribution in [-0.2, 0) is 6.54 Å². The molecule has 30 heavy (non-hydrogen) atoms. The molecular formula is C24H22BrN3O2. The largest absolute Gasteiger partial charge is 0.334 e. The van der Waals surface area contributed by atoms with Crippen LogP contribution in [0.4, 0.5) is 10.5 Å². The van der Waals surface area contributed by atoms with Crippen LogP contribution < -0.4 is 16.2 Å².